The van der Waals surface area contributed by atoms with Gasteiger partial charge in [0, 0.05) is 17.6 Å². The summed E-state index contributed by atoms with van der Waals surface area (Å²) in [6.07, 6.45) is 4.18. The van der Waals surface area contributed by atoms with E-state index in [-0.39, 0.29) is 0 Å². The molecule has 2 atom stereocenters. The topological polar surface area (TPSA) is 12.0 Å². The second-order valence-electron chi connectivity index (χ2n) is 4.84. The van der Waals surface area contributed by atoms with Gasteiger partial charge in [-0.3, -0.25) is 0 Å². The highest BCUT2D eigenvalue weighted by atomic mass is 35.5. The van der Waals surface area contributed by atoms with E-state index >= 15 is 0 Å². The van der Waals surface area contributed by atoms with Gasteiger partial charge in [0.05, 0.1) is 0 Å². The first-order valence-electron chi connectivity index (χ1n) is 5.82. The molecular weight excluding hydrogens is 206 g/mol. The van der Waals surface area contributed by atoms with E-state index in [0.29, 0.717) is 5.92 Å². The van der Waals surface area contributed by atoms with E-state index in [4.69, 9.17) is 11.6 Å². The quantitative estimate of drug-likeness (QED) is 0.809. The van der Waals surface area contributed by atoms with Crippen molar-refractivity contribution in [1.29, 1.82) is 0 Å². The normalized spacial score (nSPS) is 30.7. The largest absolute Gasteiger partial charge is 0.313 e. The minimum absolute atomic E-state index is 0.702. The van der Waals surface area contributed by atoms with Crippen LogP contribution in [0, 0.1) is 5.92 Å². The Kier molecular flexibility index (Phi) is 2.45. The van der Waals surface area contributed by atoms with Gasteiger partial charge >= 0.3 is 0 Å². The van der Waals surface area contributed by atoms with Gasteiger partial charge in [0.25, 0.3) is 0 Å². The summed E-state index contributed by atoms with van der Waals surface area (Å²) in [5.74, 6) is 1.68. The lowest BCUT2D eigenvalue weighted by molar-refractivity contribution is 0.535. The number of rotatable bonds is 2. The minimum Gasteiger partial charge on any atom is -0.313 e. The first-order valence-corrected chi connectivity index (χ1v) is 6.19. The summed E-state index contributed by atoms with van der Waals surface area (Å²) >= 11 is 5.89. The van der Waals surface area contributed by atoms with Gasteiger partial charge in [-0.2, -0.15) is 0 Å². The highest BCUT2D eigenvalue weighted by Gasteiger charge is 2.36. The van der Waals surface area contributed by atoms with Crippen molar-refractivity contribution in [2.45, 2.75) is 31.2 Å². The van der Waals surface area contributed by atoms with E-state index in [1.54, 1.807) is 0 Å². The van der Waals surface area contributed by atoms with Gasteiger partial charge in [0.1, 0.15) is 0 Å². The maximum atomic E-state index is 5.89. The van der Waals surface area contributed by atoms with E-state index < -0.39 is 0 Å². The Morgan fingerprint density at radius 1 is 1.13 bits per heavy atom. The SMILES string of the molecule is Clc1ccc(C2CNC(C3CC3)C2)cc1. The predicted octanol–water partition coefficient (Wildman–Crippen LogP) is 3.20. The van der Waals surface area contributed by atoms with Crippen molar-refractivity contribution in [3.8, 4) is 0 Å². The standard InChI is InChI=1S/C13H16ClN/c14-12-5-3-9(4-6-12)11-7-13(15-8-11)10-1-2-10/h3-6,10-11,13,15H,1-2,7-8H2. The van der Waals surface area contributed by atoms with E-state index in [1.807, 2.05) is 12.1 Å². The van der Waals surface area contributed by atoms with Crippen LogP contribution in [0.3, 0.4) is 0 Å². The molecule has 1 N–H and O–H groups in total. The van der Waals surface area contributed by atoms with Crippen LogP contribution in [-0.2, 0) is 0 Å². The summed E-state index contributed by atoms with van der Waals surface area (Å²) in [7, 11) is 0. The third-order valence-electron chi connectivity index (χ3n) is 3.70. The van der Waals surface area contributed by atoms with Crippen molar-refractivity contribution in [3.05, 3.63) is 34.9 Å². The van der Waals surface area contributed by atoms with Crippen LogP contribution in [0.5, 0.6) is 0 Å². The molecule has 1 saturated heterocycles. The Labute approximate surface area is 95.8 Å². The molecule has 2 unspecified atom stereocenters. The van der Waals surface area contributed by atoms with Crippen molar-refractivity contribution < 1.29 is 0 Å². The molecule has 2 fully saturated rings. The van der Waals surface area contributed by atoms with Crippen LogP contribution in [0.4, 0.5) is 0 Å². The molecule has 1 aliphatic carbocycles. The van der Waals surface area contributed by atoms with Crippen LogP contribution >= 0.6 is 11.6 Å². The van der Waals surface area contributed by atoms with Crippen molar-refractivity contribution in [2.24, 2.45) is 5.92 Å². The maximum Gasteiger partial charge on any atom is 0.0406 e. The lowest BCUT2D eigenvalue weighted by atomic mass is 9.95. The molecule has 0 amide bonds. The fraction of sp³-hybridized carbons (Fsp3) is 0.538. The molecule has 3 rings (SSSR count). The molecule has 2 heteroatoms. The summed E-state index contributed by atoms with van der Waals surface area (Å²) in [5.41, 5.74) is 1.44. The molecule has 1 heterocycles. The Morgan fingerprint density at radius 2 is 1.87 bits per heavy atom. The van der Waals surface area contributed by atoms with Crippen LogP contribution < -0.4 is 5.32 Å². The minimum atomic E-state index is 0.702. The van der Waals surface area contributed by atoms with Gasteiger partial charge in [0.15, 0.2) is 0 Å². The fourth-order valence-electron chi connectivity index (χ4n) is 2.61. The molecule has 0 spiro atoms. The molecule has 1 nitrogen and oxygen atoms in total. The molecule has 1 aromatic rings. The van der Waals surface area contributed by atoms with Gasteiger partial charge in [-0.15, -0.1) is 0 Å². The van der Waals surface area contributed by atoms with Gasteiger partial charge in [-0.05, 0) is 48.8 Å². The molecular formula is C13H16ClN. The second-order valence-corrected chi connectivity index (χ2v) is 5.27. The summed E-state index contributed by atoms with van der Waals surface area (Å²) in [6, 6.07) is 9.13. The molecule has 0 aromatic heterocycles. The molecule has 1 aromatic carbocycles. The van der Waals surface area contributed by atoms with E-state index in [1.165, 1.54) is 24.8 Å². The maximum absolute atomic E-state index is 5.89. The average molecular weight is 222 g/mol. The first-order chi connectivity index (χ1) is 7.33. The van der Waals surface area contributed by atoms with Crippen LogP contribution in [0.25, 0.3) is 0 Å². The number of halogens is 1. The monoisotopic (exact) mass is 221 g/mol. The number of benzene rings is 1. The van der Waals surface area contributed by atoms with Crippen LogP contribution in [-0.4, -0.2) is 12.6 Å². The second kappa shape index (κ2) is 3.80. The van der Waals surface area contributed by atoms with Crippen LogP contribution in [0.1, 0.15) is 30.7 Å². The van der Waals surface area contributed by atoms with Gasteiger partial charge in [-0.1, -0.05) is 23.7 Å². The highest BCUT2D eigenvalue weighted by molar-refractivity contribution is 6.30. The zero-order valence-corrected chi connectivity index (χ0v) is 9.50. The molecule has 1 aliphatic heterocycles. The van der Waals surface area contributed by atoms with Crippen LogP contribution in [0.2, 0.25) is 5.02 Å². The van der Waals surface area contributed by atoms with Gasteiger partial charge in [-0.25, -0.2) is 0 Å². The summed E-state index contributed by atoms with van der Waals surface area (Å²) in [5, 5.41) is 4.49. The fourth-order valence-corrected chi connectivity index (χ4v) is 2.74. The van der Waals surface area contributed by atoms with Crippen molar-refractivity contribution in [2.75, 3.05) is 6.54 Å². The van der Waals surface area contributed by atoms with E-state index in [9.17, 15) is 0 Å². The molecule has 1 saturated carbocycles. The Bertz CT molecular complexity index is 342. The van der Waals surface area contributed by atoms with Crippen molar-refractivity contribution >= 4 is 11.6 Å². The smallest absolute Gasteiger partial charge is 0.0406 e. The predicted molar refractivity (Wildman–Crippen MR) is 63.3 cm³/mol. The van der Waals surface area contributed by atoms with Crippen molar-refractivity contribution in [1.82, 2.24) is 5.32 Å². The third-order valence-corrected chi connectivity index (χ3v) is 3.95. The molecule has 0 radical (unpaired) electrons. The highest BCUT2D eigenvalue weighted by Crippen LogP contribution is 2.39. The number of hydrogen-bond donors (Lipinski definition) is 1. The lowest BCUT2D eigenvalue weighted by Crippen LogP contribution is -2.22. The Hall–Kier alpha value is -0.530. The third kappa shape index (κ3) is 2.04. The Balaban J connectivity index is 1.70. The molecule has 0 bridgehead atoms. The van der Waals surface area contributed by atoms with Gasteiger partial charge in [0.2, 0.25) is 0 Å². The zero-order chi connectivity index (χ0) is 10.3. The lowest BCUT2D eigenvalue weighted by Gasteiger charge is -2.09. The van der Waals surface area contributed by atoms with E-state index in [2.05, 4.69) is 17.4 Å². The van der Waals surface area contributed by atoms with Crippen molar-refractivity contribution in [3.63, 3.8) is 0 Å². The zero-order valence-electron chi connectivity index (χ0n) is 8.75. The van der Waals surface area contributed by atoms with E-state index in [0.717, 1.165) is 23.5 Å². The average Bonchev–Trinajstić information content (AvgIpc) is 2.99. The number of nitrogens with one attached hydrogen (secondary N) is 1. The molecule has 80 valence electrons. The molecule has 15 heavy (non-hydrogen) atoms. The van der Waals surface area contributed by atoms with Crippen LogP contribution in [0.15, 0.2) is 24.3 Å². The van der Waals surface area contributed by atoms with Gasteiger partial charge < -0.3 is 5.32 Å². The summed E-state index contributed by atoms with van der Waals surface area (Å²) < 4.78 is 0. The summed E-state index contributed by atoms with van der Waals surface area (Å²) in [6.45, 7) is 1.14. The first kappa shape index (κ1) is 9.68. The Morgan fingerprint density at radius 3 is 2.53 bits per heavy atom. The number of hydrogen-bond acceptors (Lipinski definition) is 1. The molecule has 2 aliphatic rings. The summed E-state index contributed by atoms with van der Waals surface area (Å²) in [4.78, 5) is 0.